The highest BCUT2D eigenvalue weighted by molar-refractivity contribution is 6.10. The molecule has 0 unspecified atom stereocenters. The molecule has 2 aliphatic rings. The molecular weight excluding hydrogens is 436 g/mol. The lowest BCUT2D eigenvalue weighted by atomic mass is 10.1. The fourth-order valence-corrected chi connectivity index (χ4v) is 4.43. The number of carbonyl (C=O) groups is 2. The van der Waals surface area contributed by atoms with Gasteiger partial charge in [0.1, 0.15) is 11.4 Å². The normalized spacial score (nSPS) is 17.2. The number of amides is 2. The number of fused-ring (bicyclic) bond motifs is 3. The number of hydrogen-bond acceptors (Lipinski definition) is 9. The number of rotatable bonds is 6. The maximum absolute atomic E-state index is 13.6. The summed E-state index contributed by atoms with van der Waals surface area (Å²) in [4.78, 5) is 38.6. The zero-order valence-electron chi connectivity index (χ0n) is 19.1. The lowest BCUT2D eigenvalue weighted by molar-refractivity contribution is 0.0921. The number of benzene rings is 1. The number of nitrogens with zero attached hydrogens (tertiary/aromatic N) is 6. The van der Waals surface area contributed by atoms with Gasteiger partial charge in [-0.05, 0) is 44.9 Å². The molecule has 4 heterocycles. The van der Waals surface area contributed by atoms with Gasteiger partial charge in [0, 0.05) is 49.7 Å². The Labute approximate surface area is 196 Å². The van der Waals surface area contributed by atoms with Crippen LogP contribution in [0.25, 0.3) is 11.5 Å². The molecule has 2 aromatic heterocycles. The Morgan fingerprint density at radius 3 is 2.94 bits per heavy atom. The van der Waals surface area contributed by atoms with E-state index in [2.05, 4.69) is 35.7 Å². The number of nitrogens with one attached hydrogen (secondary N) is 2. The van der Waals surface area contributed by atoms with Crippen LogP contribution in [0.2, 0.25) is 0 Å². The fourth-order valence-electron chi connectivity index (χ4n) is 4.43. The zero-order chi connectivity index (χ0) is 23.7. The van der Waals surface area contributed by atoms with E-state index in [0.717, 1.165) is 19.4 Å². The van der Waals surface area contributed by atoms with Crippen LogP contribution in [0.5, 0.6) is 0 Å². The summed E-state index contributed by atoms with van der Waals surface area (Å²) >= 11 is 0. The Morgan fingerprint density at radius 2 is 2.12 bits per heavy atom. The SMILES string of the molecule is CCNC(=O)c1nnc(-c2cccc(N3C[C@@H]4CCCN4c4nc(NCC)ncc4C3=O)c2)o1. The fraction of sp³-hybridized carbons (Fsp3) is 0.391. The number of hydrogen-bond donors (Lipinski definition) is 2. The van der Waals surface area contributed by atoms with Gasteiger partial charge in [-0.15, -0.1) is 10.2 Å². The van der Waals surface area contributed by atoms with E-state index in [1.54, 1.807) is 11.1 Å². The molecule has 0 saturated carbocycles. The highest BCUT2D eigenvalue weighted by Crippen LogP contribution is 2.35. The molecule has 176 valence electrons. The van der Waals surface area contributed by atoms with Gasteiger partial charge >= 0.3 is 11.8 Å². The average molecular weight is 463 g/mol. The molecule has 0 radical (unpaired) electrons. The first-order valence-electron chi connectivity index (χ1n) is 11.5. The van der Waals surface area contributed by atoms with Crippen LogP contribution in [0.4, 0.5) is 17.5 Å². The van der Waals surface area contributed by atoms with Crippen molar-refractivity contribution in [2.24, 2.45) is 0 Å². The first-order chi connectivity index (χ1) is 16.6. The smallest absolute Gasteiger partial charge is 0.308 e. The highest BCUT2D eigenvalue weighted by Gasteiger charge is 2.37. The number of aromatic nitrogens is 4. The van der Waals surface area contributed by atoms with Crippen molar-refractivity contribution in [1.29, 1.82) is 0 Å². The number of carbonyl (C=O) groups excluding carboxylic acids is 2. The van der Waals surface area contributed by atoms with Crippen LogP contribution in [0.15, 0.2) is 34.9 Å². The maximum Gasteiger partial charge on any atom is 0.308 e. The van der Waals surface area contributed by atoms with E-state index < -0.39 is 5.91 Å². The second-order valence-corrected chi connectivity index (χ2v) is 8.19. The molecule has 0 spiro atoms. The summed E-state index contributed by atoms with van der Waals surface area (Å²) in [6, 6.07) is 7.50. The molecule has 1 saturated heterocycles. The predicted molar refractivity (Wildman–Crippen MR) is 126 cm³/mol. The van der Waals surface area contributed by atoms with Crippen LogP contribution in [-0.2, 0) is 0 Å². The quantitative estimate of drug-likeness (QED) is 0.567. The minimum Gasteiger partial charge on any atom is -0.412 e. The summed E-state index contributed by atoms with van der Waals surface area (Å²) in [6.07, 6.45) is 3.62. The Hall–Kier alpha value is -4.02. The molecule has 1 atom stereocenters. The second-order valence-electron chi connectivity index (χ2n) is 8.19. The Bertz CT molecular complexity index is 1230. The molecule has 2 aliphatic heterocycles. The van der Waals surface area contributed by atoms with Crippen molar-refractivity contribution in [2.75, 3.05) is 41.3 Å². The van der Waals surface area contributed by atoms with Gasteiger partial charge in [-0.3, -0.25) is 9.59 Å². The summed E-state index contributed by atoms with van der Waals surface area (Å²) < 4.78 is 5.57. The van der Waals surface area contributed by atoms with Gasteiger partial charge in [-0.25, -0.2) is 4.98 Å². The van der Waals surface area contributed by atoms with Gasteiger partial charge in [-0.1, -0.05) is 6.07 Å². The Kier molecular flexibility index (Phi) is 5.83. The van der Waals surface area contributed by atoms with Crippen molar-refractivity contribution in [3.05, 3.63) is 41.9 Å². The topological polar surface area (TPSA) is 129 Å². The molecule has 34 heavy (non-hydrogen) atoms. The van der Waals surface area contributed by atoms with Crippen LogP contribution in [-0.4, -0.2) is 64.2 Å². The first-order valence-corrected chi connectivity index (χ1v) is 11.5. The molecule has 0 aliphatic carbocycles. The standard InChI is InChI=1S/C23H26N8O3/c1-3-24-19(32)21-29-28-20(34-21)14-7-5-8-15(11-14)31-13-16-9-6-10-30(16)18-17(22(31)33)12-26-23(27-18)25-4-2/h5,7-8,11-12,16H,3-4,6,9-10,13H2,1-2H3,(H,24,32)(H,25,26,27)/t16-/m0/s1. The summed E-state index contributed by atoms with van der Waals surface area (Å²) in [5, 5.41) is 13.6. The number of anilines is 3. The molecule has 1 aromatic carbocycles. The van der Waals surface area contributed by atoms with Crippen LogP contribution in [0, 0.1) is 0 Å². The van der Waals surface area contributed by atoms with Gasteiger partial charge in [0.05, 0.1) is 0 Å². The largest absolute Gasteiger partial charge is 0.412 e. The molecule has 11 nitrogen and oxygen atoms in total. The third-order valence-electron chi connectivity index (χ3n) is 5.98. The van der Waals surface area contributed by atoms with E-state index in [0.29, 0.717) is 48.2 Å². The van der Waals surface area contributed by atoms with E-state index in [1.165, 1.54) is 0 Å². The van der Waals surface area contributed by atoms with Crippen molar-refractivity contribution < 1.29 is 14.0 Å². The van der Waals surface area contributed by atoms with E-state index >= 15 is 0 Å². The molecule has 5 rings (SSSR count). The van der Waals surface area contributed by atoms with Crippen molar-refractivity contribution >= 4 is 29.3 Å². The van der Waals surface area contributed by atoms with Crippen molar-refractivity contribution in [3.8, 4) is 11.5 Å². The van der Waals surface area contributed by atoms with E-state index in [4.69, 9.17) is 4.42 Å². The van der Waals surface area contributed by atoms with E-state index in [-0.39, 0.29) is 23.7 Å². The van der Waals surface area contributed by atoms with Gasteiger partial charge in [-0.2, -0.15) is 4.98 Å². The first kappa shape index (κ1) is 21.8. The Balaban J connectivity index is 1.49. The summed E-state index contributed by atoms with van der Waals surface area (Å²) in [7, 11) is 0. The summed E-state index contributed by atoms with van der Waals surface area (Å²) in [5.41, 5.74) is 1.81. The van der Waals surface area contributed by atoms with Crippen LogP contribution >= 0.6 is 0 Å². The third-order valence-corrected chi connectivity index (χ3v) is 5.98. The van der Waals surface area contributed by atoms with Gasteiger partial charge in [0.25, 0.3) is 5.91 Å². The zero-order valence-corrected chi connectivity index (χ0v) is 19.1. The van der Waals surface area contributed by atoms with Crippen LogP contribution < -0.4 is 20.4 Å². The van der Waals surface area contributed by atoms with Crippen molar-refractivity contribution in [3.63, 3.8) is 0 Å². The minimum atomic E-state index is -0.421. The third kappa shape index (κ3) is 3.93. The molecule has 11 heteroatoms. The molecule has 1 fully saturated rings. The lowest BCUT2D eigenvalue weighted by Gasteiger charge is -2.27. The van der Waals surface area contributed by atoms with Crippen LogP contribution in [0.1, 0.15) is 47.7 Å². The molecule has 2 amide bonds. The summed E-state index contributed by atoms with van der Waals surface area (Å²) in [6.45, 7) is 6.34. The van der Waals surface area contributed by atoms with Crippen LogP contribution in [0.3, 0.4) is 0 Å². The van der Waals surface area contributed by atoms with Gasteiger partial charge in [0.2, 0.25) is 11.8 Å². The lowest BCUT2D eigenvalue weighted by Crippen LogP contribution is -2.39. The molecular formula is C23H26N8O3. The van der Waals surface area contributed by atoms with Gasteiger partial charge < -0.3 is 24.9 Å². The Morgan fingerprint density at radius 1 is 1.24 bits per heavy atom. The molecule has 3 aromatic rings. The van der Waals surface area contributed by atoms with Crippen molar-refractivity contribution in [1.82, 2.24) is 25.5 Å². The minimum absolute atomic E-state index is 0.0998. The molecule has 2 N–H and O–H groups in total. The molecule has 0 bridgehead atoms. The average Bonchev–Trinajstić information content (AvgIpc) is 3.51. The predicted octanol–water partition coefficient (Wildman–Crippen LogP) is 2.34. The maximum atomic E-state index is 13.6. The second kappa shape index (κ2) is 9.08. The van der Waals surface area contributed by atoms with E-state index in [9.17, 15) is 9.59 Å². The summed E-state index contributed by atoms with van der Waals surface area (Å²) in [5.74, 6) is 0.743. The van der Waals surface area contributed by atoms with Gasteiger partial charge in [0.15, 0.2) is 0 Å². The van der Waals surface area contributed by atoms with Crippen molar-refractivity contribution in [2.45, 2.75) is 32.7 Å². The monoisotopic (exact) mass is 462 g/mol. The highest BCUT2D eigenvalue weighted by atomic mass is 16.4. The van der Waals surface area contributed by atoms with E-state index in [1.807, 2.05) is 38.1 Å².